The van der Waals surface area contributed by atoms with Gasteiger partial charge in [0.2, 0.25) is 5.91 Å². The molecule has 5 nitrogen and oxygen atoms in total. The Balaban J connectivity index is 1.79. The van der Waals surface area contributed by atoms with E-state index in [1.165, 1.54) is 62.6 Å². The van der Waals surface area contributed by atoms with Crippen LogP contribution in [0.2, 0.25) is 10.0 Å². The molecule has 0 spiro atoms. The van der Waals surface area contributed by atoms with Crippen molar-refractivity contribution in [2.24, 2.45) is 5.92 Å². The first kappa shape index (κ1) is 26.9. The van der Waals surface area contributed by atoms with Crippen LogP contribution in [-0.4, -0.2) is 44.9 Å². The maximum atomic E-state index is 14.8. The highest BCUT2D eigenvalue weighted by Crippen LogP contribution is 2.38. The summed E-state index contributed by atoms with van der Waals surface area (Å²) in [5.74, 6) is -2.23. The normalized spacial score (nSPS) is 18.9. The number of nitrogens with zero attached hydrogens (tertiary/aromatic N) is 1. The number of sulfone groups is 1. The number of halogens is 3. The number of rotatable bonds is 9. The van der Waals surface area contributed by atoms with Gasteiger partial charge in [0.05, 0.1) is 10.8 Å². The number of piperidine rings is 1. The zero-order chi connectivity index (χ0) is 24.9. The van der Waals surface area contributed by atoms with E-state index < -0.39 is 32.7 Å². The maximum Gasteiger partial charge on any atom is 0.224 e. The molecule has 1 aliphatic heterocycles. The van der Waals surface area contributed by atoms with Crippen LogP contribution >= 0.6 is 23.2 Å². The molecule has 1 N–H and O–H groups in total. The van der Waals surface area contributed by atoms with Crippen LogP contribution in [0.1, 0.15) is 50.3 Å². The minimum Gasteiger partial charge on any atom is -0.356 e. The van der Waals surface area contributed by atoms with Crippen LogP contribution in [0.4, 0.5) is 4.39 Å². The first-order chi connectivity index (χ1) is 16.1. The Morgan fingerprint density at radius 3 is 2.50 bits per heavy atom. The SMILES string of the molecule is CC(C(=O)NCCCN1CCCCC1C)C(c1cc(Cl)ccc1F)S(=O)(=O)c1ccc(Cl)cc1. The third-order valence-electron chi connectivity index (χ3n) is 6.47. The Morgan fingerprint density at radius 2 is 1.82 bits per heavy atom. The van der Waals surface area contributed by atoms with Crippen molar-refractivity contribution < 1.29 is 17.6 Å². The number of carbonyl (C=O) groups is 1. The summed E-state index contributed by atoms with van der Waals surface area (Å²) >= 11 is 12.0. The second kappa shape index (κ2) is 11.8. The summed E-state index contributed by atoms with van der Waals surface area (Å²) in [5.41, 5.74) is -0.132. The lowest BCUT2D eigenvalue weighted by molar-refractivity contribution is -0.124. The smallest absolute Gasteiger partial charge is 0.224 e. The van der Waals surface area contributed by atoms with E-state index in [0.29, 0.717) is 17.6 Å². The molecule has 34 heavy (non-hydrogen) atoms. The van der Waals surface area contributed by atoms with Gasteiger partial charge < -0.3 is 10.2 Å². The van der Waals surface area contributed by atoms with Gasteiger partial charge in [0.25, 0.3) is 0 Å². The highest BCUT2D eigenvalue weighted by Gasteiger charge is 2.39. The standard InChI is InChI=1S/C25H31Cl2FN2O3S/c1-17-6-3-4-14-30(17)15-5-13-29-25(31)18(2)24(22-16-20(27)9-12-23(22)28)34(32,33)21-10-7-19(26)8-11-21/h7-12,16-18,24H,3-6,13-15H2,1-2H3,(H,29,31). The number of carbonyl (C=O) groups excluding carboxylic acids is 1. The van der Waals surface area contributed by atoms with Crippen LogP contribution < -0.4 is 5.32 Å². The Bertz CT molecular complexity index is 1100. The summed E-state index contributed by atoms with van der Waals surface area (Å²) in [6, 6.07) is 9.89. The van der Waals surface area contributed by atoms with Gasteiger partial charge in [-0.05, 0) is 75.2 Å². The van der Waals surface area contributed by atoms with Gasteiger partial charge in [-0.3, -0.25) is 4.79 Å². The molecule has 1 fully saturated rings. The third kappa shape index (κ3) is 6.51. The van der Waals surface area contributed by atoms with E-state index in [0.717, 1.165) is 25.6 Å². The maximum absolute atomic E-state index is 14.8. The summed E-state index contributed by atoms with van der Waals surface area (Å²) < 4.78 is 42.0. The number of amides is 1. The molecule has 0 radical (unpaired) electrons. The highest BCUT2D eigenvalue weighted by molar-refractivity contribution is 7.91. The Morgan fingerprint density at radius 1 is 1.15 bits per heavy atom. The average Bonchev–Trinajstić information content (AvgIpc) is 2.80. The number of benzene rings is 2. The van der Waals surface area contributed by atoms with Gasteiger partial charge >= 0.3 is 0 Å². The molecule has 1 aliphatic rings. The lowest BCUT2D eigenvalue weighted by Gasteiger charge is -2.33. The predicted molar refractivity (Wildman–Crippen MR) is 134 cm³/mol. The molecular formula is C25H31Cl2FN2O3S. The van der Waals surface area contributed by atoms with Crippen LogP contribution in [0, 0.1) is 11.7 Å². The van der Waals surface area contributed by atoms with Crippen molar-refractivity contribution in [2.45, 2.75) is 55.7 Å². The number of hydrogen-bond acceptors (Lipinski definition) is 4. The van der Waals surface area contributed by atoms with E-state index >= 15 is 0 Å². The summed E-state index contributed by atoms with van der Waals surface area (Å²) in [7, 11) is -4.14. The van der Waals surface area contributed by atoms with Crippen LogP contribution in [0.25, 0.3) is 0 Å². The average molecular weight is 530 g/mol. The molecule has 0 aliphatic carbocycles. The zero-order valence-electron chi connectivity index (χ0n) is 19.4. The molecule has 2 aromatic rings. The van der Waals surface area contributed by atoms with E-state index in [-0.39, 0.29) is 15.5 Å². The molecule has 1 saturated heterocycles. The molecular weight excluding hydrogens is 498 g/mol. The summed E-state index contributed by atoms with van der Waals surface area (Å²) in [6.07, 6.45) is 4.36. The molecule has 0 bridgehead atoms. The second-order valence-corrected chi connectivity index (χ2v) is 11.8. The molecule has 3 atom stereocenters. The van der Waals surface area contributed by atoms with Crippen molar-refractivity contribution in [3.8, 4) is 0 Å². The molecule has 0 saturated carbocycles. The van der Waals surface area contributed by atoms with Crippen molar-refractivity contribution in [1.82, 2.24) is 10.2 Å². The minimum absolute atomic E-state index is 0.0417. The van der Waals surface area contributed by atoms with Gasteiger partial charge in [-0.25, -0.2) is 12.8 Å². The number of hydrogen-bond donors (Lipinski definition) is 1. The minimum atomic E-state index is -4.14. The van der Waals surface area contributed by atoms with E-state index in [4.69, 9.17) is 23.2 Å². The van der Waals surface area contributed by atoms with Crippen LogP contribution in [-0.2, 0) is 14.6 Å². The fraction of sp³-hybridized carbons (Fsp3) is 0.480. The van der Waals surface area contributed by atoms with Gasteiger partial charge in [-0.1, -0.05) is 36.5 Å². The van der Waals surface area contributed by atoms with Crippen molar-refractivity contribution in [1.29, 1.82) is 0 Å². The summed E-state index contributed by atoms with van der Waals surface area (Å²) in [6.45, 7) is 6.05. The molecule has 3 unspecified atom stereocenters. The Hall–Kier alpha value is -1.67. The highest BCUT2D eigenvalue weighted by atomic mass is 35.5. The molecule has 2 aromatic carbocycles. The lowest BCUT2D eigenvalue weighted by atomic mass is 9.99. The van der Waals surface area contributed by atoms with Crippen molar-refractivity contribution in [3.63, 3.8) is 0 Å². The summed E-state index contributed by atoms with van der Waals surface area (Å²) in [5, 5.41) is 1.96. The Kier molecular flexibility index (Phi) is 9.38. The van der Waals surface area contributed by atoms with Crippen molar-refractivity contribution >= 4 is 38.9 Å². The van der Waals surface area contributed by atoms with E-state index in [1.54, 1.807) is 0 Å². The third-order valence-corrected chi connectivity index (χ3v) is 9.22. The van der Waals surface area contributed by atoms with E-state index in [1.807, 2.05) is 0 Å². The van der Waals surface area contributed by atoms with Gasteiger partial charge in [-0.2, -0.15) is 0 Å². The Labute approximate surface area is 211 Å². The van der Waals surface area contributed by atoms with Crippen LogP contribution in [0.3, 0.4) is 0 Å². The van der Waals surface area contributed by atoms with Gasteiger partial charge in [-0.15, -0.1) is 0 Å². The predicted octanol–water partition coefficient (Wildman–Crippen LogP) is 5.66. The largest absolute Gasteiger partial charge is 0.356 e. The van der Waals surface area contributed by atoms with Crippen LogP contribution in [0.15, 0.2) is 47.4 Å². The quantitative estimate of drug-likeness (QED) is 0.426. The molecule has 1 heterocycles. The van der Waals surface area contributed by atoms with Crippen molar-refractivity contribution in [2.75, 3.05) is 19.6 Å². The summed E-state index contributed by atoms with van der Waals surface area (Å²) in [4.78, 5) is 15.4. The van der Waals surface area contributed by atoms with Gasteiger partial charge in [0.1, 0.15) is 11.1 Å². The molecule has 1 amide bonds. The lowest BCUT2D eigenvalue weighted by Crippen LogP contribution is -2.40. The zero-order valence-corrected chi connectivity index (χ0v) is 21.8. The monoisotopic (exact) mass is 528 g/mol. The van der Waals surface area contributed by atoms with Crippen molar-refractivity contribution in [3.05, 3.63) is 63.9 Å². The van der Waals surface area contributed by atoms with Gasteiger partial charge in [0.15, 0.2) is 9.84 Å². The second-order valence-electron chi connectivity index (χ2n) is 8.90. The fourth-order valence-electron chi connectivity index (χ4n) is 4.49. The molecule has 0 aromatic heterocycles. The number of nitrogens with one attached hydrogen (secondary N) is 1. The fourth-order valence-corrected chi connectivity index (χ4v) is 6.78. The topological polar surface area (TPSA) is 66.5 Å². The van der Waals surface area contributed by atoms with Crippen LogP contribution in [0.5, 0.6) is 0 Å². The first-order valence-corrected chi connectivity index (χ1v) is 13.9. The molecule has 186 valence electrons. The van der Waals surface area contributed by atoms with Gasteiger partial charge in [0, 0.05) is 34.7 Å². The first-order valence-electron chi connectivity index (χ1n) is 11.6. The molecule has 9 heteroatoms. The van der Waals surface area contributed by atoms with E-state index in [9.17, 15) is 17.6 Å². The number of likely N-dealkylation sites (tertiary alicyclic amines) is 1. The molecule has 3 rings (SSSR count). The van der Waals surface area contributed by atoms with E-state index in [2.05, 4.69) is 17.1 Å².